The highest BCUT2D eigenvalue weighted by atomic mass is 79.9. The molecule has 0 bridgehead atoms. The number of rotatable bonds is 1. The lowest BCUT2D eigenvalue weighted by molar-refractivity contribution is 0.587. The van der Waals surface area contributed by atoms with Crippen molar-refractivity contribution in [1.29, 1.82) is 0 Å². The fourth-order valence-corrected chi connectivity index (χ4v) is 1.25. The number of hydrogen-bond donors (Lipinski definition) is 1. The van der Waals surface area contributed by atoms with Crippen LogP contribution in [0.3, 0.4) is 0 Å². The lowest BCUT2D eigenvalue weighted by Crippen LogP contribution is -2.07. The van der Waals surface area contributed by atoms with E-state index in [-0.39, 0.29) is 11.9 Å². The maximum absolute atomic E-state index is 13.1. The normalized spacial score (nSPS) is 13.1. The van der Waals surface area contributed by atoms with Gasteiger partial charge in [0, 0.05) is 11.6 Å². The predicted octanol–water partition coefficient (Wildman–Crippen LogP) is 2.61. The van der Waals surface area contributed by atoms with Crippen LogP contribution in [0.4, 0.5) is 4.39 Å². The lowest BCUT2D eigenvalue weighted by atomic mass is 10.1. The number of nitrogens with two attached hydrogens (primary N) is 1. The van der Waals surface area contributed by atoms with Crippen LogP contribution in [0.2, 0.25) is 0 Å². The molecule has 60 valence electrons. The van der Waals surface area contributed by atoms with E-state index in [4.69, 9.17) is 5.73 Å². The minimum atomic E-state index is -0.262. The molecule has 1 nitrogen and oxygen atoms in total. The largest absolute Gasteiger partial charge is 0.324 e. The van der Waals surface area contributed by atoms with Crippen LogP contribution >= 0.6 is 15.9 Å². The Labute approximate surface area is 73.5 Å². The second kappa shape index (κ2) is 3.32. The first kappa shape index (κ1) is 8.68. The van der Waals surface area contributed by atoms with Gasteiger partial charge in [-0.3, -0.25) is 0 Å². The van der Waals surface area contributed by atoms with Gasteiger partial charge in [-0.25, -0.2) is 4.39 Å². The second-order valence-electron chi connectivity index (χ2n) is 2.43. The highest BCUT2D eigenvalue weighted by Crippen LogP contribution is 2.21. The standard InChI is InChI=1S/C8H9BrFN/c1-5(11)6-3-2-4-7(9)8(6)10/h2-5H,11H2,1H3. The summed E-state index contributed by atoms with van der Waals surface area (Å²) in [6.45, 7) is 1.75. The monoisotopic (exact) mass is 217 g/mol. The minimum absolute atomic E-state index is 0.257. The quantitative estimate of drug-likeness (QED) is 0.770. The molecule has 0 heterocycles. The Kier molecular flexibility index (Phi) is 2.62. The van der Waals surface area contributed by atoms with Crippen molar-refractivity contribution in [3.8, 4) is 0 Å². The van der Waals surface area contributed by atoms with Gasteiger partial charge in [0.15, 0.2) is 0 Å². The van der Waals surface area contributed by atoms with Crippen molar-refractivity contribution in [2.75, 3.05) is 0 Å². The molecular formula is C8H9BrFN. The van der Waals surface area contributed by atoms with Gasteiger partial charge in [0.25, 0.3) is 0 Å². The molecule has 1 aromatic carbocycles. The molecule has 0 aliphatic rings. The van der Waals surface area contributed by atoms with Gasteiger partial charge in [0.05, 0.1) is 4.47 Å². The molecule has 0 aliphatic carbocycles. The maximum atomic E-state index is 13.1. The predicted molar refractivity (Wildman–Crippen MR) is 46.7 cm³/mol. The van der Waals surface area contributed by atoms with Crippen LogP contribution in [-0.4, -0.2) is 0 Å². The van der Waals surface area contributed by atoms with Crippen LogP contribution in [0.15, 0.2) is 22.7 Å². The summed E-state index contributed by atoms with van der Waals surface area (Å²) < 4.78 is 13.6. The van der Waals surface area contributed by atoms with Crippen molar-refractivity contribution in [3.05, 3.63) is 34.1 Å². The van der Waals surface area contributed by atoms with Crippen LogP contribution in [-0.2, 0) is 0 Å². The Morgan fingerprint density at radius 3 is 2.64 bits per heavy atom. The molecule has 3 heteroatoms. The van der Waals surface area contributed by atoms with Crippen LogP contribution in [0, 0.1) is 5.82 Å². The molecule has 0 spiro atoms. The first-order valence-corrected chi connectivity index (χ1v) is 4.11. The molecule has 0 amide bonds. The molecule has 0 saturated heterocycles. The van der Waals surface area contributed by atoms with E-state index in [0.29, 0.717) is 10.0 Å². The number of hydrogen-bond acceptors (Lipinski definition) is 1. The van der Waals surface area contributed by atoms with E-state index in [1.807, 2.05) is 0 Å². The van der Waals surface area contributed by atoms with E-state index in [2.05, 4.69) is 15.9 Å². The summed E-state index contributed by atoms with van der Waals surface area (Å²) in [4.78, 5) is 0. The zero-order valence-corrected chi connectivity index (χ0v) is 7.73. The first-order valence-electron chi connectivity index (χ1n) is 3.32. The third kappa shape index (κ3) is 1.79. The molecule has 1 atom stereocenters. The molecular weight excluding hydrogens is 209 g/mol. The topological polar surface area (TPSA) is 26.0 Å². The van der Waals surface area contributed by atoms with E-state index in [9.17, 15) is 4.39 Å². The van der Waals surface area contributed by atoms with E-state index in [1.165, 1.54) is 0 Å². The van der Waals surface area contributed by atoms with Gasteiger partial charge in [-0.05, 0) is 28.9 Å². The summed E-state index contributed by atoms with van der Waals surface area (Å²) in [5, 5.41) is 0. The summed E-state index contributed by atoms with van der Waals surface area (Å²) in [6, 6.07) is 4.85. The Morgan fingerprint density at radius 2 is 2.18 bits per heavy atom. The van der Waals surface area contributed by atoms with Crippen LogP contribution in [0.1, 0.15) is 18.5 Å². The van der Waals surface area contributed by atoms with Gasteiger partial charge in [-0.2, -0.15) is 0 Å². The van der Waals surface area contributed by atoms with Crippen molar-refractivity contribution in [2.45, 2.75) is 13.0 Å². The van der Waals surface area contributed by atoms with Gasteiger partial charge in [0.2, 0.25) is 0 Å². The summed E-state index contributed by atoms with van der Waals surface area (Å²) in [5.41, 5.74) is 6.06. The van der Waals surface area contributed by atoms with Crippen molar-refractivity contribution in [3.63, 3.8) is 0 Å². The molecule has 0 fully saturated rings. The molecule has 0 aromatic heterocycles. The average Bonchev–Trinajstić information content (AvgIpc) is 1.94. The third-order valence-electron chi connectivity index (χ3n) is 1.47. The Morgan fingerprint density at radius 1 is 1.55 bits per heavy atom. The molecule has 0 radical (unpaired) electrons. The number of benzene rings is 1. The van der Waals surface area contributed by atoms with Gasteiger partial charge in [-0.1, -0.05) is 12.1 Å². The Hall–Kier alpha value is -0.410. The summed E-state index contributed by atoms with van der Waals surface area (Å²) in [6.07, 6.45) is 0. The smallest absolute Gasteiger partial charge is 0.142 e. The lowest BCUT2D eigenvalue weighted by Gasteiger charge is -2.06. The SMILES string of the molecule is CC(N)c1cccc(Br)c1F. The highest BCUT2D eigenvalue weighted by Gasteiger charge is 2.08. The fourth-order valence-electron chi connectivity index (χ4n) is 0.872. The Balaban J connectivity index is 3.17. The zero-order chi connectivity index (χ0) is 8.43. The van der Waals surface area contributed by atoms with Gasteiger partial charge in [0.1, 0.15) is 5.82 Å². The first-order chi connectivity index (χ1) is 5.13. The molecule has 2 N–H and O–H groups in total. The van der Waals surface area contributed by atoms with E-state index in [1.54, 1.807) is 25.1 Å². The molecule has 1 aromatic rings. The van der Waals surface area contributed by atoms with Crippen LogP contribution in [0.25, 0.3) is 0 Å². The van der Waals surface area contributed by atoms with Crippen molar-refractivity contribution in [1.82, 2.24) is 0 Å². The fraction of sp³-hybridized carbons (Fsp3) is 0.250. The van der Waals surface area contributed by atoms with Gasteiger partial charge >= 0.3 is 0 Å². The third-order valence-corrected chi connectivity index (χ3v) is 2.08. The highest BCUT2D eigenvalue weighted by molar-refractivity contribution is 9.10. The Bertz CT molecular complexity index is 260. The molecule has 11 heavy (non-hydrogen) atoms. The van der Waals surface area contributed by atoms with Crippen LogP contribution in [0.5, 0.6) is 0 Å². The average molecular weight is 218 g/mol. The number of halogens is 2. The van der Waals surface area contributed by atoms with E-state index in [0.717, 1.165) is 0 Å². The summed E-state index contributed by atoms with van der Waals surface area (Å²) in [5.74, 6) is -0.262. The minimum Gasteiger partial charge on any atom is -0.324 e. The van der Waals surface area contributed by atoms with Crippen molar-refractivity contribution < 1.29 is 4.39 Å². The van der Waals surface area contributed by atoms with Crippen molar-refractivity contribution >= 4 is 15.9 Å². The van der Waals surface area contributed by atoms with Crippen LogP contribution < -0.4 is 5.73 Å². The van der Waals surface area contributed by atoms with Gasteiger partial charge < -0.3 is 5.73 Å². The van der Waals surface area contributed by atoms with Gasteiger partial charge in [-0.15, -0.1) is 0 Å². The zero-order valence-electron chi connectivity index (χ0n) is 6.14. The molecule has 1 rings (SSSR count). The molecule has 0 saturated carbocycles. The van der Waals surface area contributed by atoms with Crippen molar-refractivity contribution in [2.24, 2.45) is 5.73 Å². The summed E-state index contributed by atoms with van der Waals surface area (Å²) in [7, 11) is 0. The second-order valence-corrected chi connectivity index (χ2v) is 3.29. The van der Waals surface area contributed by atoms with E-state index < -0.39 is 0 Å². The van der Waals surface area contributed by atoms with E-state index >= 15 is 0 Å². The molecule has 1 unspecified atom stereocenters. The maximum Gasteiger partial charge on any atom is 0.142 e. The summed E-state index contributed by atoms with van der Waals surface area (Å²) >= 11 is 3.08. The molecule has 0 aliphatic heterocycles.